The number of ether oxygens (including phenoxy) is 1. The van der Waals surface area contributed by atoms with Crippen LogP contribution in [0.4, 0.5) is 0 Å². The van der Waals surface area contributed by atoms with Crippen molar-refractivity contribution >= 4 is 16.9 Å². The average molecular weight is 359 g/mol. The summed E-state index contributed by atoms with van der Waals surface area (Å²) in [6, 6.07) is 3.31. The maximum atomic E-state index is 12.5. The lowest BCUT2D eigenvalue weighted by atomic mass is 9.93. The van der Waals surface area contributed by atoms with Gasteiger partial charge in [0.2, 0.25) is 5.91 Å². The van der Waals surface area contributed by atoms with Crippen LogP contribution in [0.5, 0.6) is 5.75 Å². The molecular weight excluding hydrogens is 334 g/mol. The van der Waals surface area contributed by atoms with Crippen LogP contribution in [0.1, 0.15) is 43.4 Å². The quantitative estimate of drug-likeness (QED) is 0.823. The number of carbonyl (C=O) groups is 1. The Morgan fingerprint density at radius 1 is 1.31 bits per heavy atom. The molecule has 2 N–H and O–H groups in total. The second-order valence-corrected chi connectivity index (χ2v) is 7.62. The van der Waals surface area contributed by atoms with Crippen LogP contribution < -0.4 is 10.9 Å². The second kappa shape index (κ2) is 6.76. The van der Waals surface area contributed by atoms with Crippen molar-refractivity contribution in [2.24, 2.45) is 0 Å². The lowest BCUT2D eigenvalue weighted by Gasteiger charge is -2.35. The molecule has 1 atom stereocenters. The Morgan fingerprint density at radius 3 is 2.73 bits per heavy atom. The number of aromatic hydroxyl groups is 1. The van der Waals surface area contributed by atoms with Crippen molar-refractivity contribution in [3.8, 4) is 5.75 Å². The SMILES string of the molecule is Cc1c(CC(=O)NC2CCOC(C)(C)C2)c(=O)oc2c(C)c(O)ccc12. The summed E-state index contributed by atoms with van der Waals surface area (Å²) in [5.41, 5.74) is 1.15. The van der Waals surface area contributed by atoms with Gasteiger partial charge in [0.1, 0.15) is 11.3 Å². The van der Waals surface area contributed by atoms with E-state index in [0.29, 0.717) is 28.9 Å². The van der Waals surface area contributed by atoms with Crippen molar-refractivity contribution < 1.29 is 19.1 Å². The van der Waals surface area contributed by atoms with E-state index >= 15 is 0 Å². The van der Waals surface area contributed by atoms with E-state index in [9.17, 15) is 14.7 Å². The van der Waals surface area contributed by atoms with Gasteiger partial charge in [-0.1, -0.05) is 0 Å². The average Bonchev–Trinajstić information content (AvgIpc) is 2.54. The highest BCUT2D eigenvalue weighted by atomic mass is 16.5. The lowest BCUT2D eigenvalue weighted by molar-refractivity contribution is -0.123. The third kappa shape index (κ3) is 3.60. The summed E-state index contributed by atoms with van der Waals surface area (Å²) < 4.78 is 11.1. The fraction of sp³-hybridized carbons (Fsp3) is 0.500. The Kier molecular flexibility index (Phi) is 4.80. The van der Waals surface area contributed by atoms with Gasteiger partial charge in [0.15, 0.2) is 0 Å². The number of nitrogens with one attached hydrogen (secondary N) is 1. The first kappa shape index (κ1) is 18.5. The molecule has 0 radical (unpaired) electrons. The molecule has 0 aliphatic carbocycles. The van der Waals surface area contributed by atoms with Crippen LogP contribution >= 0.6 is 0 Å². The Balaban J connectivity index is 1.83. The van der Waals surface area contributed by atoms with Crippen molar-refractivity contribution in [3.05, 3.63) is 39.2 Å². The Morgan fingerprint density at radius 2 is 2.04 bits per heavy atom. The zero-order valence-corrected chi connectivity index (χ0v) is 15.6. The number of benzene rings is 1. The monoisotopic (exact) mass is 359 g/mol. The summed E-state index contributed by atoms with van der Waals surface area (Å²) in [6.45, 7) is 8.11. The van der Waals surface area contributed by atoms with Crippen molar-refractivity contribution in [1.29, 1.82) is 0 Å². The van der Waals surface area contributed by atoms with Crippen LogP contribution in [0.15, 0.2) is 21.3 Å². The minimum absolute atomic E-state index is 0.0260. The zero-order valence-electron chi connectivity index (χ0n) is 15.6. The summed E-state index contributed by atoms with van der Waals surface area (Å²) in [6.07, 6.45) is 1.48. The van der Waals surface area contributed by atoms with Gasteiger partial charge in [-0.25, -0.2) is 4.79 Å². The molecule has 1 amide bonds. The third-order valence-electron chi connectivity index (χ3n) is 5.07. The molecular formula is C20H25NO5. The highest BCUT2D eigenvalue weighted by molar-refractivity contribution is 5.87. The van der Waals surface area contributed by atoms with E-state index < -0.39 is 5.63 Å². The largest absolute Gasteiger partial charge is 0.508 e. The maximum absolute atomic E-state index is 12.5. The summed E-state index contributed by atoms with van der Waals surface area (Å²) in [5, 5.41) is 13.5. The molecule has 1 aromatic heterocycles. The van der Waals surface area contributed by atoms with E-state index in [4.69, 9.17) is 9.15 Å². The van der Waals surface area contributed by atoms with Crippen LogP contribution in [-0.4, -0.2) is 29.3 Å². The fourth-order valence-corrected chi connectivity index (χ4v) is 3.58. The van der Waals surface area contributed by atoms with E-state index in [1.54, 1.807) is 26.0 Å². The van der Waals surface area contributed by atoms with E-state index in [0.717, 1.165) is 18.2 Å². The molecule has 0 bridgehead atoms. The third-order valence-corrected chi connectivity index (χ3v) is 5.07. The molecule has 1 aliphatic heterocycles. The fourth-order valence-electron chi connectivity index (χ4n) is 3.58. The first-order valence-corrected chi connectivity index (χ1v) is 8.86. The summed E-state index contributed by atoms with van der Waals surface area (Å²) in [5.74, 6) is -0.120. The van der Waals surface area contributed by atoms with Crippen molar-refractivity contribution in [3.63, 3.8) is 0 Å². The van der Waals surface area contributed by atoms with Crippen LogP contribution in [0.25, 0.3) is 11.0 Å². The van der Waals surface area contributed by atoms with Gasteiger partial charge in [0.05, 0.1) is 17.6 Å². The highest BCUT2D eigenvalue weighted by Gasteiger charge is 2.30. The van der Waals surface area contributed by atoms with Crippen LogP contribution in [0, 0.1) is 13.8 Å². The topological polar surface area (TPSA) is 88.8 Å². The van der Waals surface area contributed by atoms with Gasteiger partial charge in [-0.3, -0.25) is 4.79 Å². The van der Waals surface area contributed by atoms with Crippen LogP contribution in [0.2, 0.25) is 0 Å². The number of phenolic OH excluding ortho intramolecular Hbond substituents is 1. The molecule has 140 valence electrons. The van der Waals surface area contributed by atoms with Crippen molar-refractivity contribution in [2.45, 2.75) is 58.6 Å². The van der Waals surface area contributed by atoms with Gasteiger partial charge >= 0.3 is 5.63 Å². The summed E-state index contributed by atoms with van der Waals surface area (Å²) >= 11 is 0. The molecule has 2 aromatic rings. The normalized spacial score (nSPS) is 19.5. The van der Waals surface area contributed by atoms with Gasteiger partial charge in [0.25, 0.3) is 0 Å². The number of phenols is 1. The van der Waals surface area contributed by atoms with Gasteiger partial charge in [-0.2, -0.15) is 0 Å². The molecule has 2 heterocycles. The van der Waals surface area contributed by atoms with E-state index in [-0.39, 0.29) is 29.7 Å². The minimum Gasteiger partial charge on any atom is -0.508 e. The first-order chi connectivity index (χ1) is 12.2. The van der Waals surface area contributed by atoms with Gasteiger partial charge < -0.3 is 19.6 Å². The summed E-state index contributed by atoms with van der Waals surface area (Å²) in [7, 11) is 0. The van der Waals surface area contributed by atoms with E-state index in [1.807, 2.05) is 13.8 Å². The predicted octanol–water partition coefficient (Wildman–Crippen LogP) is 2.73. The molecule has 0 spiro atoms. The molecule has 6 nitrogen and oxygen atoms in total. The molecule has 1 fully saturated rings. The number of rotatable bonds is 3. The lowest BCUT2D eigenvalue weighted by Crippen LogP contribution is -2.46. The number of carbonyl (C=O) groups excluding carboxylic acids is 1. The Labute approximate surface area is 152 Å². The molecule has 1 aromatic carbocycles. The van der Waals surface area contributed by atoms with Gasteiger partial charge in [0, 0.05) is 23.6 Å². The molecule has 0 saturated carbocycles. The molecule has 1 aliphatic rings. The number of fused-ring (bicyclic) bond motifs is 1. The molecule has 6 heteroatoms. The number of hydrogen-bond donors (Lipinski definition) is 2. The van der Waals surface area contributed by atoms with Crippen molar-refractivity contribution in [2.75, 3.05) is 6.61 Å². The smallest absolute Gasteiger partial charge is 0.340 e. The summed E-state index contributed by atoms with van der Waals surface area (Å²) in [4.78, 5) is 24.9. The standard InChI is InChI=1S/C20H25NO5/c1-11-14-5-6-16(22)12(2)18(14)26-19(24)15(11)9-17(23)21-13-7-8-25-20(3,4)10-13/h5-6,13,22H,7-10H2,1-4H3,(H,21,23). The maximum Gasteiger partial charge on any atom is 0.340 e. The molecule has 3 rings (SSSR count). The van der Waals surface area contributed by atoms with Gasteiger partial charge in [-0.05, 0) is 58.2 Å². The van der Waals surface area contributed by atoms with Crippen LogP contribution in [-0.2, 0) is 16.0 Å². The predicted molar refractivity (Wildman–Crippen MR) is 98.5 cm³/mol. The second-order valence-electron chi connectivity index (χ2n) is 7.62. The van der Waals surface area contributed by atoms with E-state index in [1.165, 1.54) is 0 Å². The van der Waals surface area contributed by atoms with E-state index in [2.05, 4.69) is 5.32 Å². The number of hydrogen-bond acceptors (Lipinski definition) is 5. The number of amides is 1. The molecule has 1 saturated heterocycles. The number of aryl methyl sites for hydroxylation is 2. The first-order valence-electron chi connectivity index (χ1n) is 8.86. The Hall–Kier alpha value is -2.34. The molecule has 1 unspecified atom stereocenters. The minimum atomic E-state index is -0.536. The highest BCUT2D eigenvalue weighted by Crippen LogP contribution is 2.28. The molecule has 26 heavy (non-hydrogen) atoms. The Bertz CT molecular complexity index is 913. The van der Waals surface area contributed by atoms with Gasteiger partial charge in [-0.15, -0.1) is 0 Å². The van der Waals surface area contributed by atoms with Crippen LogP contribution in [0.3, 0.4) is 0 Å². The van der Waals surface area contributed by atoms with Crippen molar-refractivity contribution in [1.82, 2.24) is 5.32 Å². The zero-order chi connectivity index (χ0) is 19.1.